The maximum absolute atomic E-state index is 9.85. The summed E-state index contributed by atoms with van der Waals surface area (Å²) in [5.41, 5.74) is 4.62. The molecule has 4 aromatic rings. The Bertz CT molecular complexity index is 1270. The molecule has 0 spiro atoms. The molecule has 0 saturated heterocycles. The minimum Gasteiger partial charge on any atom is -0.508 e. The number of aromatic nitrogens is 3. The Hall–Kier alpha value is -4.13. The Morgan fingerprint density at radius 2 is 1.31 bits per heavy atom. The van der Waals surface area contributed by atoms with E-state index in [1.165, 1.54) is 5.56 Å². The van der Waals surface area contributed by atoms with E-state index < -0.39 is 0 Å². The first kappa shape index (κ1) is 25.0. The molecular formula is C29H34N6O. The first-order valence-electron chi connectivity index (χ1n) is 12.2. The predicted molar refractivity (Wildman–Crippen MR) is 146 cm³/mol. The van der Waals surface area contributed by atoms with Crippen molar-refractivity contribution in [3.05, 3.63) is 101 Å². The lowest BCUT2D eigenvalue weighted by Crippen LogP contribution is -2.15. The SMILES string of the molecule is C[C@@H](Nc1nc(NCc2ccccc2)nc(NCc2ccc(C(C)(C)C)cc2)n1)c1cccc(O)c1. The Balaban J connectivity index is 1.51. The number of anilines is 3. The Morgan fingerprint density at radius 1 is 0.722 bits per heavy atom. The molecule has 0 aliphatic carbocycles. The molecule has 7 nitrogen and oxygen atoms in total. The molecule has 0 unspecified atom stereocenters. The van der Waals surface area contributed by atoms with Crippen LogP contribution in [0.4, 0.5) is 17.8 Å². The summed E-state index contributed by atoms with van der Waals surface area (Å²) in [6.45, 7) is 9.82. The molecule has 1 aromatic heterocycles. The van der Waals surface area contributed by atoms with Gasteiger partial charge >= 0.3 is 0 Å². The topological polar surface area (TPSA) is 95.0 Å². The van der Waals surface area contributed by atoms with Crippen LogP contribution in [0.2, 0.25) is 0 Å². The van der Waals surface area contributed by atoms with Crippen molar-refractivity contribution < 1.29 is 5.11 Å². The van der Waals surface area contributed by atoms with Gasteiger partial charge in [-0.2, -0.15) is 15.0 Å². The van der Waals surface area contributed by atoms with Crippen molar-refractivity contribution in [3.8, 4) is 5.75 Å². The van der Waals surface area contributed by atoms with Gasteiger partial charge in [0.2, 0.25) is 17.8 Å². The fourth-order valence-electron chi connectivity index (χ4n) is 3.75. The highest BCUT2D eigenvalue weighted by atomic mass is 16.3. The molecule has 0 amide bonds. The summed E-state index contributed by atoms with van der Waals surface area (Å²) < 4.78 is 0. The molecule has 3 aromatic carbocycles. The number of nitrogens with zero attached hydrogens (tertiary/aromatic N) is 3. The minimum atomic E-state index is -0.112. The lowest BCUT2D eigenvalue weighted by atomic mass is 9.87. The van der Waals surface area contributed by atoms with Crippen molar-refractivity contribution in [2.45, 2.75) is 52.2 Å². The Kier molecular flexibility index (Phi) is 7.68. The van der Waals surface area contributed by atoms with E-state index in [1.807, 2.05) is 37.3 Å². The fourth-order valence-corrected chi connectivity index (χ4v) is 3.75. The van der Waals surface area contributed by atoms with Crippen LogP contribution in [0, 0.1) is 0 Å². The van der Waals surface area contributed by atoms with Crippen LogP contribution in [0.1, 0.15) is 56.0 Å². The van der Waals surface area contributed by atoms with Gasteiger partial charge in [-0.1, -0.05) is 87.5 Å². The van der Waals surface area contributed by atoms with Gasteiger partial charge in [-0.15, -0.1) is 0 Å². The van der Waals surface area contributed by atoms with Crippen LogP contribution in [0.5, 0.6) is 5.75 Å². The summed E-state index contributed by atoms with van der Waals surface area (Å²) >= 11 is 0. The first-order chi connectivity index (χ1) is 17.3. The molecule has 7 heteroatoms. The quantitative estimate of drug-likeness (QED) is 0.223. The number of phenols is 1. The van der Waals surface area contributed by atoms with E-state index >= 15 is 0 Å². The zero-order chi connectivity index (χ0) is 25.5. The van der Waals surface area contributed by atoms with E-state index in [9.17, 15) is 5.11 Å². The molecule has 0 aliphatic rings. The maximum atomic E-state index is 9.85. The average molecular weight is 483 g/mol. The zero-order valence-corrected chi connectivity index (χ0v) is 21.3. The van der Waals surface area contributed by atoms with E-state index in [0.717, 1.165) is 16.7 Å². The smallest absolute Gasteiger partial charge is 0.229 e. The highest BCUT2D eigenvalue weighted by Crippen LogP contribution is 2.24. The van der Waals surface area contributed by atoms with Gasteiger partial charge in [-0.25, -0.2) is 0 Å². The number of aromatic hydroxyl groups is 1. The predicted octanol–water partition coefficient (Wildman–Crippen LogP) is 6.27. The van der Waals surface area contributed by atoms with Gasteiger partial charge in [-0.3, -0.25) is 0 Å². The van der Waals surface area contributed by atoms with E-state index in [1.54, 1.807) is 12.1 Å². The molecular weight excluding hydrogens is 448 g/mol. The molecule has 0 bridgehead atoms. The second kappa shape index (κ2) is 11.1. The number of phenolic OH excluding ortho intramolecular Hbond substituents is 1. The Labute approximate surface area is 213 Å². The molecule has 36 heavy (non-hydrogen) atoms. The number of nitrogens with one attached hydrogen (secondary N) is 3. The van der Waals surface area contributed by atoms with Gasteiger partial charge in [0.15, 0.2) is 0 Å². The molecule has 0 saturated carbocycles. The van der Waals surface area contributed by atoms with Crippen LogP contribution in [0.3, 0.4) is 0 Å². The van der Waals surface area contributed by atoms with E-state index in [4.69, 9.17) is 0 Å². The van der Waals surface area contributed by atoms with E-state index in [2.05, 4.69) is 88.1 Å². The van der Waals surface area contributed by atoms with Crippen molar-refractivity contribution in [2.24, 2.45) is 0 Å². The normalized spacial score (nSPS) is 12.1. The highest BCUT2D eigenvalue weighted by Gasteiger charge is 2.14. The van der Waals surface area contributed by atoms with Gasteiger partial charge in [0.05, 0.1) is 6.04 Å². The van der Waals surface area contributed by atoms with Crippen molar-refractivity contribution in [1.29, 1.82) is 0 Å². The van der Waals surface area contributed by atoms with Crippen LogP contribution in [0.15, 0.2) is 78.9 Å². The summed E-state index contributed by atoms with van der Waals surface area (Å²) in [6, 6.07) is 25.8. The van der Waals surface area contributed by atoms with Crippen LogP contribution in [-0.2, 0) is 18.5 Å². The largest absolute Gasteiger partial charge is 0.508 e. The zero-order valence-electron chi connectivity index (χ0n) is 21.3. The Morgan fingerprint density at radius 3 is 1.89 bits per heavy atom. The van der Waals surface area contributed by atoms with Crippen LogP contribution >= 0.6 is 0 Å². The van der Waals surface area contributed by atoms with Gasteiger partial charge in [-0.05, 0) is 46.7 Å². The molecule has 0 fully saturated rings. The van der Waals surface area contributed by atoms with Crippen LogP contribution in [-0.4, -0.2) is 20.1 Å². The molecule has 4 N–H and O–H groups in total. The molecule has 4 rings (SSSR count). The first-order valence-corrected chi connectivity index (χ1v) is 12.2. The second-order valence-corrected chi connectivity index (χ2v) is 9.91. The lowest BCUT2D eigenvalue weighted by molar-refractivity contribution is 0.474. The molecule has 0 radical (unpaired) electrons. The minimum absolute atomic E-state index is 0.112. The lowest BCUT2D eigenvalue weighted by Gasteiger charge is -2.19. The van der Waals surface area contributed by atoms with E-state index in [-0.39, 0.29) is 17.2 Å². The van der Waals surface area contributed by atoms with E-state index in [0.29, 0.717) is 30.9 Å². The number of hydrogen-bond acceptors (Lipinski definition) is 7. The third-order valence-electron chi connectivity index (χ3n) is 5.92. The number of benzene rings is 3. The summed E-state index contributed by atoms with van der Waals surface area (Å²) in [4.78, 5) is 13.8. The van der Waals surface area contributed by atoms with Crippen LogP contribution < -0.4 is 16.0 Å². The summed E-state index contributed by atoms with van der Waals surface area (Å²) in [7, 11) is 0. The third kappa shape index (κ3) is 6.95. The standard InChI is InChI=1S/C29H34N6O/c1-20(23-11-8-12-25(36)17-23)32-28-34-26(30-18-21-9-6-5-7-10-21)33-27(35-28)31-19-22-13-15-24(16-14-22)29(2,3)4/h5-17,20,36H,18-19H2,1-4H3,(H3,30,31,32,33,34,35)/t20-/m1/s1. The van der Waals surface area contributed by atoms with Gasteiger partial charge in [0.1, 0.15) is 5.75 Å². The van der Waals surface area contributed by atoms with Crippen molar-refractivity contribution >= 4 is 17.8 Å². The van der Waals surface area contributed by atoms with Gasteiger partial charge in [0, 0.05) is 13.1 Å². The van der Waals surface area contributed by atoms with Crippen molar-refractivity contribution in [2.75, 3.05) is 16.0 Å². The summed E-state index contributed by atoms with van der Waals surface area (Å²) in [5, 5.41) is 19.8. The number of hydrogen-bond donors (Lipinski definition) is 4. The molecule has 0 aliphatic heterocycles. The van der Waals surface area contributed by atoms with Gasteiger partial charge in [0.25, 0.3) is 0 Å². The second-order valence-electron chi connectivity index (χ2n) is 9.91. The average Bonchev–Trinajstić information content (AvgIpc) is 2.86. The molecule has 1 atom stereocenters. The van der Waals surface area contributed by atoms with Crippen molar-refractivity contribution in [1.82, 2.24) is 15.0 Å². The third-order valence-corrected chi connectivity index (χ3v) is 5.92. The summed E-state index contributed by atoms with van der Waals surface area (Å²) in [6.07, 6.45) is 0. The fraction of sp³-hybridized carbons (Fsp3) is 0.276. The highest BCUT2D eigenvalue weighted by molar-refractivity contribution is 5.45. The number of rotatable bonds is 9. The monoisotopic (exact) mass is 482 g/mol. The molecule has 1 heterocycles. The van der Waals surface area contributed by atoms with Crippen LogP contribution in [0.25, 0.3) is 0 Å². The summed E-state index contributed by atoms with van der Waals surface area (Å²) in [5.74, 6) is 1.62. The van der Waals surface area contributed by atoms with Gasteiger partial charge < -0.3 is 21.1 Å². The van der Waals surface area contributed by atoms with Crippen molar-refractivity contribution in [3.63, 3.8) is 0 Å². The molecule has 186 valence electrons. The maximum Gasteiger partial charge on any atom is 0.229 e.